The molecule has 0 radical (unpaired) electrons. The highest BCUT2D eigenvalue weighted by Crippen LogP contribution is 2.31. The van der Waals surface area contributed by atoms with Crippen molar-refractivity contribution in [3.8, 4) is 11.5 Å². The number of pyridine rings is 1. The molecule has 0 saturated carbocycles. The Kier molecular flexibility index (Phi) is 4.24. The van der Waals surface area contributed by atoms with E-state index in [0.29, 0.717) is 23.6 Å². The van der Waals surface area contributed by atoms with E-state index in [9.17, 15) is 4.79 Å². The van der Waals surface area contributed by atoms with Gasteiger partial charge in [-0.05, 0) is 47.6 Å². The number of carboxylic acid groups (broad SMARTS) is 1. The van der Waals surface area contributed by atoms with Crippen LogP contribution in [0.25, 0.3) is 22.6 Å². The summed E-state index contributed by atoms with van der Waals surface area (Å²) in [5, 5.41) is 17.2. The van der Waals surface area contributed by atoms with E-state index in [0.717, 1.165) is 15.4 Å². The smallest absolute Gasteiger partial charge is 0.335 e. The molecule has 3 heterocycles. The monoisotopic (exact) mass is 382 g/mol. The van der Waals surface area contributed by atoms with E-state index in [2.05, 4.69) is 24.9 Å². The lowest BCUT2D eigenvalue weighted by atomic mass is 10.2. The first-order valence-corrected chi connectivity index (χ1v) is 8.84. The zero-order valence-corrected chi connectivity index (χ0v) is 15.0. The fourth-order valence-corrected chi connectivity index (χ4v) is 3.49. The molecule has 0 saturated heterocycles. The number of nitrogens with zero attached hydrogens (tertiary/aromatic N) is 5. The van der Waals surface area contributed by atoms with Gasteiger partial charge in [0.2, 0.25) is 0 Å². The van der Waals surface area contributed by atoms with Crippen molar-refractivity contribution in [2.45, 2.75) is 23.4 Å². The molecule has 136 valence electrons. The third kappa shape index (κ3) is 3.10. The highest BCUT2D eigenvalue weighted by atomic mass is 32.2. The Morgan fingerprint density at radius 1 is 1.30 bits per heavy atom. The highest BCUT2D eigenvalue weighted by molar-refractivity contribution is 7.99. The first-order valence-electron chi connectivity index (χ1n) is 8.02. The minimum absolute atomic E-state index is 0.182. The van der Waals surface area contributed by atoms with Gasteiger partial charge in [0.15, 0.2) is 17.3 Å². The number of carbonyl (C=O) groups is 1. The summed E-state index contributed by atoms with van der Waals surface area (Å²) in [6, 6.07) is 8.57. The van der Waals surface area contributed by atoms with Gasteiger partial charge in [-0.25, -0.2) is 19.4 Å². The van der Waals surface area contributed by atoms with Gasteiger partial charge in [0.25, 0.3) is 0 Å². The Balaban J connectivity index is 1.71. The molecule has 1 aromatic carbocycles. The van der Waals surface area contributed by atoms with E-state index >= 15 is 0 Å². The van der Waals surface area contributed by atoms with Crippen LogP contribution in [0.1, 0.15) is 17.3 Å². The number of imidazole rings is 1. The zero-order chi connectivity index (χ0) is 19.0. The number of anilines is 1. The van der Waals surface area contributed by atoms with Gasteiger partial charge in [-0.15, -0.1) is 0 Å². The second-order valence-electron chi connectivity index (χ2n) is 5.62. The summed E-state index contributed by atoms with van der Waals surface area (Å²) in [4.78, 5) is 20.8. The lowest BCUT2D eigenvalue weighted by Crippen LogP contribution is -2.00. The van der Waals surface area contributed by atoms with Crippen molar-refractivity contribution < 1.29 is 14.5 Å². The minimum atomic E-state index is -0.952. The molecule has 27 heavy (non-hydrogen) atoms. The maximum atomic E-state index is 11.0. The van der Waals surface area contributed by atoms with E-state index in [1.165, 1.54) is 11.8 Å². The Morgan fingerprint density at radius 3 is 2.70 bits per heavy atom. The summed E-state index contributed by atoms with van der Waals surface area (Å²) < 4.78 is 6.65. The van der Waals surface area contributed by atoms with Crippen molar-refractivity contribution in [2.75, 3.05) is 5.73 Å². The topological polar surface area (TPSA) is 133 Å². The Labute approximate surface area is 157 Å². The van der Waals surface area contributed by atoms with Gasteiger partial charge in [-0.3, -0.25) is 0 Å². The molecule has 0 fully saturated rings. The van der Waals surface area contributed by atoms with E-state index in [4.69, 9.17) is 10.8 Å². The van der Waals surface area contributed by atoms with Crippen LogP contribution in [0.15, 0.2) is 51.1 Å². The molecule has 0 spiro atoms. The molecular formula is C17H14N6O3S. The molecule has 0 atom stereocenters. The molecule has 0 bridgehead atoms. The summed E-state index contributed by atoms with van der Waals surface area (Å²) in [7, 11) is 0. The van der Waals surface area contributed by atoms with Crippen LogP contribution < -0.4 is 5.73 Å². The summed E-state index contributed by atoms with van der Waals surface area (Å²) >= 11 is 1.44. The van der Waals surface area contributed by atoms with Crippen molar-refractivity contribution in [1.29, 1.82) is 0 Å². The van der Waals surface area contributed by atoms with Gasteiger partial charge in [0, 0.05) is 11.4 Å². The van der Waals surface area contributed by atoms with Gasteiger partial charge in [0.1, 0.15) is 10.5 Å². The first-order chi connectivity index (χ1) is 13.1. The maximum absolute atomic E-state index is 11.0. The number of aromatic carboxylic acids is 1. The van der Waals surface area contributed by atoms with Crippen molar-refractivity contribution in [1.82, 2.24) is 24.8 Å². The molecular weight excluding hydrogens is 368 g/mol. The van der Waals surface area contributed by atoms with Crippen LogP contribution in [0.3, 0.4) is 0 Å². The average Bonchev–Trinajstić information content (AvgIpc) is 3.24. The van der Waals surface area contributed by atoms with Crippen LogP contribution >= 0.6 is 11.8 Å². The summed E-state index contributed by atoms with van der Waals surface area (Å²) in [5.74, 6) is -0.200. The summed E-state index contributed by atoms with van der Waals surface area (Å²) in [6.07, 6.45) is 1.68. The van der Waals surface area contributed by atoms with E-state index in [-0.39, 0.29) is 11.4 Å². The molecule has 3 aromatic heterocycles. The zero-order valence-electron chi connectivity index (χ0n) is 14.2. The van der Waals surface area contributed by atoms with Gasteiger partial charge in [0.05, 0.1) is 17.3 Å². The first kappa shape index (κ1) is 17.0. The highest BCUT2D eigenvalue weighted by Gasteiger charge is 2.19. The van der Waals surface area contributed by atoms with Crippen LogP contribution in [0.4, 0.5) is 5.82 Å². The van der Waals surface area contributed by atoms with Crippen LogP contribution in [0.2, 0.25) is 0 Å². The number of aryl methyl sites for hydroxylation is 1. The Hall–Kier alpha value is -3.40. The number of fused-ring (bicyclic) bond motifs is 1. The van der Waals surface area contributed by atoms with Crippen molar-refractivity contribution >= 4 is 34.6 Å². The fraction of sp³-hybridized carbons (Fsp3) is 0.118. The SMILES string of the molecule is CCn1c(-c2nonc2N)nc2cnc(Sc3ccc(C(=O)O)cc3)cc21. The molecule has 4 rings (SSSR count). The van der Waals surface area contributed by atoms with E-state index in [1.807, 2.05) is 17.6 Å². The number of nitrogen functional groups attached to an aromatic ring is 1. The summed E-state index contributed by atoms with van der Waals surface area (Å²) in [5.41, 5.74) is 8.03. The Morgan fingerprint density at radius 2 is 2.07 bits per heavy atom. The average molecular weight is 382 g/mol. The number of rotatable bonds is 5. The van der Waals surface area contributed by atoms with E-state index in [1.54, 1.807) is 30.5 Å². The molecule has 0 unspecified atom stereocenters. The number of benzene rings is 1. The van der Waals surface area contributed by atoms with Crippen LogP contribution in [-0.2, 0) is 6.54 Å². The molecule has 4 aromatic rings. The minimum Gasteiger partial charge on any atom is -0.478 e. The van der Waals surface area contributed by atoms with Crippen molar-refractivity contribution in [3.63, 3.8) is 0 Å². The second-order valence-corrected chi connectivity index (χ2v) is 6.71. The molecule has 0 aliphatic heterocycles. The predicted molar refractivity (Wildman–Crippen MR) is 98.4 cm³/mol. The van der Waals surface area contributed by atoms with Gasteiger partial charge in [-0.2, -0.15) is 0 Å². The van der Waals surface area contributed by atoms with Crippen LogP contribution in [0, 0.1) is 0 Å². The molecule has 10 heteroatoms. The molecule has 0 aliphatic rings. The molecule has 0 aliphatic carbocycles. The van der Waals surface area contributed by atoms with Gasteiger partial charge < -0.3 is 15.4 Å². The summed E-state index contributed by atoms with van der Waals surface area (Å²) in [6.45, 7) is 2.64. The number of hydrogen-bond acceptors (Lipinski definition) is 8. The van der Waals surface area contributed by atoms with Crippen LogP contribution in [0.5, 0.6) is 0 Å². The molecule has 9 nitrogen and oxygen atoms in total. The number of carboxylic acids is 1. The van der Waals surface area contributed by atoms with Crippen molar-refractivity contribution in [3.05, 3.63) is 42.1 Å². The quantitative estimate of drug-likeness (QED) is 0.534. The number of aromatic nitrogens is 5. The largest absolute Gasteiger partial charge is 0.478 e. The molecule has 3 N–H and O–H groups in total. The van der Waals surface area contributed by atoms with Crippen molar-refractivity contribution in [2.24, 2.45) is 0 Å². The maximum Gasteiger partial charge on any atom is 0.335 e. The van der Waals surface area contributed by atoms with E-state index < -0.39 is 5.97 Å². The standard InChI is InChI=1S/C17H14N6O3S/c1-2-23-12-7-13(27-10-5-3-9(4-6-10)17(24)25)19-8-11(12)20-16(23)14-15(18)22-26-21-14/h3-8H,2H2,1H3,(H2,18,22)(H,24,25). The lowest BCUT2D eigenvalue weighted by molar-refractivity contribution is 0.0697. The number of hydrogen-bond donors (Lipinski definition) is 2. The third-order valence-corrected chi connectivity index (χ3v) is 4.92. The Bertz CT molecular complexity index is 1140. The van der Waals surface area contributed by atoms with Crippen LogP contribution in [-0.4, -0.2) is 35.9 Å². The predicted octanol–water partition coefficient (Wildman–Crippen LogP) is 2.93. The van der Waals surface area contributed by atoms with Gasteiger partial charge >= 0.3 is 5.97 Å². The van der Waals surface area contributed by atoms with Gasteiger partial charge in [-0.1, -0.05) is 11.8 Å². The normalized spacial score (nSPS) is 11.1. The fourth-order valence-electron chi connectivity index (χ4n) is 2.70. The lowest BCUT2D eigenvalue weighted by Gasteiger charge is -2.05. The number of nitrogens with two attached hydrogens (primary N) is 1. The second kappa shape index (κ2) is 6.72. The third-order valence-electron chi connectivity index (χ3n) is 3.98. The molecule has 0 amide bonds.